The molecule has 0 unspecified atom stereocenters. The van der Waals surface area contributed by atoms with Gasteiger partial charge in [0.1, 0.15) is 6.61 Å². The Labute approximate surface area is 200 Å². The molecule has 0 atom stereocenters. The van der Waals surface area contributed by atoms with E-state index in [4.69, 9.17) is 25.8 Å². The van der Waals surface area contributed by atoms with Crippen molar-refractivity contribution < 1.29 is 23.9 Å². The number of cyclic esters (lactones) is 1. The third-order valence-corrected chi connectivity index (χ3v) is 5.33. The van der Waals surface area contributed by atoms with Crippen LogP contribution in [-0.4, -0.2) is 23.9 Å². The molecule has 0 aromatic heterocycles. The van der Waals surface area contributed by atoms with E-state index >= 15 is 0 Å². The molecule has 0 radical (unpaired) electrons. The number of aliphatic imine (C=N–C) groups is 1. The predicted octanol–water partition coefficient (Wildman–Crippen LogP) is 5.49. The van der Waals surface area contributed by atoms with Gasteiger partial charge in [-0.25, -0.2) is 9.79 Å². The van der Waals surface area contributed by atoms with Gasteiger partial charge in [-0.1, -0.05) is 47.5 Å². The van der Waals surface area contributed by atoms with Gasteiger partial charge in [0.05, 0.1) is 22.6 Å². The van der Waals surface area contributed by atoms with E-state index in [0.717, 1.165) is 5.56 Å². The first-order valence-corrected chi connectivity index (χ1v) is 10.5. The Morgan fingerprint density at radius 2 is 1.85 bits per heavy atom. The number of nitro groups is 1. The molecule has 0 spiro atoms. The van der Waals surface area contributed by atoms with E-state index in [1.807, 2.05) is 31.2 Å². The normalized spacial score (nSPS) is 14.0. The maximum atomic E-state index is 12.3. The van der Waals surface area contributed by atoms with Crippen LogP contribution in [0.15, 0.2) is 71.4 Å². The van der Waals surface area contributed by atoms with Crippen LogP contribution in [0.1, 0.15) is 22.3 Å². The van der Waals surface area contributed by atoms with Gasteiger partial charge in [0.2, 0.25) is 5.90 Å². The number of halogens is 1. The number of benzene rings is 3. The van der Waals surface area contributed by atoms with Gasteiger partial charge < -0.3 is 14.2 Å². The molecule has 8 nitrogen and oxygen atoms in total. The second-order valence-corrected chi connectivity index (χ2v) is 7.85. The summed E-state index contributed by atoms with van der Waals surface area (Å²) in [6.07, 6.45) is 1.54. The maximum absolute atomic E-state index is 12.3. The van der Waals surface area contributed by atoms with Gasteiger partial charge in [0, 0.05) is 12.1 Å². The Morgan fingerprint density at radius 1 is 1.09 bits per heavy atom. The number of nitrogens with zero attached hydrogens (tertiary/aromatic N) is 2. The first kappa shape index (κ1) is 23.0. The van der Waals surface area contributed by atoms with Crippen LogP contribution >= 0.6 is 11.6 Å². The van der Waals surface area contributed by atoms with E-state index in [9.17, 15) is 14.9 Å². The van der Waals surface area contributed by atoms with Crippen LogP contribution in [0.5, 0.6) is 11.5 Å². The SMILES string of the molecule is COc1cc(/C=C2\N=C(c3ccc([N+](=O)[O-])cc3Cl)OC2=O)ccc1OCc1ccc(C)cc1. The number of methoxy groups -OCH3 is 1. The van der Waals surface area contributed by atoms with E-state index in [1.165, 1.54) is 30.9 Å². The van der Waals surface area contributed by atoms with Crippen LogP contribution < -0.4 is 9.47 Å². The molecule has 3 aromatic carbocycles. The molecule has 0 amide bonds. The summed E-state index contributed by atoms with van der Waals surface area (Å²) in [5.41, 5.74) is 3.00. The third kappa shape index (κ3) is 5.07. The lowest BCUT2D eigenvalue weighted by Gasteiger charge is -2.11. The molecule has 0 aliphatic carbocycles. The van der Waals surface area contributed by atoms with Crippen LogP contribution in [-0.2, 0) is 16.1 Å². The van der Waals surface area contributed by atoms with Crippen LogP contribution in [0.25, 0.3) is 6.08 Å². The van der Waals surface area contributed by atoms with Crippen molar-refractivity contribution in [2.75, 3.05) is 7.11 Å². The highest BCUT2D eigenvalue weighted by Crippen LogP contribution is 2.31. The molecular formula is C25H19ClN2O6. The van der Waals surface area contributed by atoms with Crippen LogP contribution in [0.3, 0.4) is 0 Å². The van der Waals surface area contributed by atoms with E-state index in [0.29, 0.717) is 23.7 Å². The molecule has 9 heteroatoms. The fourth-order valence-electron chi connectivity index (χ4n) is 3.21. The molecule has 4 rings (SSSR count). The van der Waals surface area contributed by atoms with Crippen molar-refractivity contribution in [1.29, 1.82) is 0 Å². The lowest BCUT2D eigenvalue weighted by molar-refractivity contribution is -0.384. The van der Waals surface area contributed by atoms with Gasteiger partial charge in [0.25, 0.3) is 5.69 Å². The summed E-state index contributed by atoms with van der Waals surface area (Å²) < 4.78 is 16.6. The fourth-order valence-corrected chi connectivity index (χ4v) is 3.47. The van der Waals surface area contributed by atoms with E-state index in [2.05, 4.69) is 4.99 Å². The zero-order valence-corrected chi connectivity index (χ0v) is 19.0. The number of esters is 1. The van der Waals surface area contributed by atoms with Gasteiger partial charge >= 0.3 is 5.97 Å². The average Bonchev–Trinajstić information content (AvgIpc) is 3.18. The van der Waals surface area contributed by atoms with Gasteiger partial charge in [-0.15, -0.1) is 0 Å². The summed E-state index contributed by atoms with van der Waals surface area (Å²) in [6, 6.07) is 17.1. The topological polar surface area (TPSA) is 100 Å². The minimum absolute atomic E-state index is 0.0267. The number of nitro benzene ring substituents is 1. The molecule has 1 aliphatic rings. The number of rotatable bonds is 7. The number of carbonyl (C=O) groups excluding carboxylic acids is 1. The van der Waals surface area contributed by atoms with E-state index < -0.39 is 10.9 Å². The summed E-state index contributed by atoms with van der Waals surface area (Å²) in [6.45, 7) is 2.40. The molecule has 0 saturated carbocycles. The fraction of sp³-hybridized carbons (Fsp3) is 0.120. The van der Waals surface area contributed by atoms with Crippen molar-refractivity contribution in [3.63, 3.8) is 0 Å². The van der Waals surface area contributed by atoms with Crippen molar-refractivity contribution >= 4 is 35.2 Å². The predicted molar refractivity (Wildman–Crippen MR) is 127 cm³/mol. The summed E-state index contributed by atoms with van der Waals surface area (Å²) in [5.74, 6) is 0.362. The zero-order valence-electron chi connectivity index (χ0n) is 18.3. The van der Waals surface area contributed by atoms with Gasteiger partial charge in [-0.2, -0.15) is 0 Å². The van der Waals surface area contributed by atoms with Gasteiger partial charge in [-0.05, 0) is 42.3 Å². The average molecular weight is 479 g/mol. The highest BCUT2D eigenvalue weighted by molar-refractivity contribution is 6.34. The molecule has 34 heavy (non-hydrogen) atoms. The number of ether oxygens (including phenoxy) is 3. The quantitative estimate of drug-likeness (QED) is 0.193. The maximum Gasteiger partial charge on any atom is 0.363 e. The number of carbonyl (C=O) groups is 1. The molecule has 0 fully saturated rings. The number of non-ortho nitro benzene ring substituents is 1. The van der Waals surface area contributed by atoms with Crippen molar-refractivity contribution in [2.24, 2.45) is 4.99 Å². The zero-order chi connectivity index (χ0) is 24.2. The van der Waals surface area contributed by atoms with Crippen molar-refractivity contribution in [3.05, 3.63) is 104 Å². The highest BCUT2D eigenvalue weighted by Gasteiger charge is 2.26. The molecule has 1 heterocycles. The van der Waals surface area contributed by atoms with Gasteiger partial charge in [0.15, 0.2) is 17.2 Å². The van der Waals surface area contributed by atoms with Crippen LogP contribution in [0, 0.1) is 17.0 Å². The standard InChI is InChI=1S/C25H19ClN2O6/c1-15-3-5-16(6-4-15)14-33-22-10-7-17(12-23(22)32-2)11-21-25(29)34-24(27-21)19-9-8-18(28(30)31)13-20(19)26/h3-13H,14H2,1-2H3/b21-11-. The second-order valence-electron chi connectivity index (χ2n) is 7.44. The monoisotopic (exact) mass is 478 g/mol. The molecule has 172 valence electrons. The lowest BCUT2D eigenvalue weighted by Crippen LogP contribution is -2.06. The first-order chi connectivity index (χ1) is 16.3. The molecule has 0 bridgehead atoms. The number of aryl methyl sites for hydroxylation is 1. The van der Waals surface area contributed by atoms with Crippen LogP contribution in [0.2, 0.25) is 5.02 Å². The Hall–Kier alpha value is -4.17. The lowest BCUT2D eigenvalue weighted by atomic mass is 10.1. The Bertz CT molecular complexity index is 1330. The minimum atomic E-state index is -0.664. The minimum Gasteiger partial charge on any atom is -0.493 e. The molecule has 1 aliphatic heterocycles. The van der Waals surface area contributed by atoms with Crippen LogP contribution in [0.4, 0.5) is 5.69 Å². The first-order valence-electron chi connectivity index (χ1n) is 10.2. The Balaban J connectivity index is 1.55. The summed E-state index contributed by atoms with van der Waals surface area (Å²) in [5, 5.41) is 11.0. The highest BCUT2D eigenvalue weighted by atomic mass is 35.5. The Morgan fingerprint density at radius 3 is 2.53 bits per heavy atom. The summed E-state index contributed by atoms with van der Waals surface area (Å²) in [4.78, 5) is 26.9. The number of hydrogen-bond acceptors (Lipinski definition) is 7. The molecule has 0 saturated heterocycles. The van der Waals surface area contributed by atoms with Crippen molar-refractivity contribution in [1.82, 2.24) is 0 Å². The number of hydrogen-bond donors (Lipinski definition) is 0. The van der Waals surface area contributed by atoms with Crippen molar-refractivity contribution in [2.45, 2.75) is 13.5 Å². The molecule has 0 N–H and O–H groups in total. The summed E-state index contributed by atoms with van der Waals surface area (Å²) >= 11 is 6.12. The smallest absolute Gasteiger partial charge is 0.363 e. The Kier molecular flexibility index (Phi) is 6.60. The molecular weight excluding hydrogens is 460 g/mol. The van der Waals surface area contributed by atoms with E-state index in [1.54, 1.807) is 24.3 Å². The van der Waals surface area contributed by atoms with E-state index in [-0.39, 0.29) is 27.9 Å². The third-order valence-electron chi connectivity index (χ3n) is 5.02. The molecule has 3 aromatic rings. The summed E-state index contributed by atoms with van der Waals surface area (Å²) in [7, 11) is 1.53. The van der Waals surface area contributed by atoms with Gasteiger partial charge in [-0.3, -0.25) is 10.1 Å². The second kappa shape index (κ2) is 9.76. The van der Waals surface area contributed by atoms with Crippen molar-refractivity contribution in [3.8, 4) is 11.5 Å². The largest absolute Gasteiger partial charge is 0.493 e.